The molecule has 0 spiro atoms. The van der Waals surface area contributed by atoms with Gasteiger partial charge in [-0.25, -0.2) is 4.79 Å². The summed E-state index contributed by atoms with van der Waals surface area (Å²) in [6.07, 6.45) is -23.6. The molecule has 53 heavy (non-hydrogen) atoms. The van der Waals surface area contributed by atoms with Gasteiger partial charge in [0.1, 0.15) is 0 Å². The van der Waals surface area contributed by atoms with E-state index in [-0.39, 0.29) is 60.0 Å². The van der Waals surface area contributed by atoms with Crippen molar-refractivity contribution in [2.45, 2.75) is 70.0 Å². The van der Waals surface area contributed by atoms with Crippen LogP contribution < -0.4 is 14.4 Å². The molecule has 0 fully saturated rings. The monoisotopic (exact) mass is 774 g/mol. The zero-order valence-electron chi connectivity index (χ0n) is 28.1. The minimum Gasteiger partial charge on any atom is -0.493 e. The zero-order chi connectivity index (χ0) is 39.8. The molecule has 3 aromatic carbocycles. The van der Waals surface area contributed by atoms with Crippen LogP contribution in [0.3, 0.4) is 0 Å². The number of carbonyl (C=O) groups excluding carboxylic acids is 2. The van der Waals surface area contributed by atoms with Crippen LogP contribution in [0.5, 0.6) is 11.5 Å². The van der Waals surface area contributed by atoms with Crippen molar-refractivity contribution in [3.63, 3.8) is 0 Å². The third kappa shape index (κ3) is 9.22. The van der Waals surface area contributed by atoms with Gasteiger partial charge in [-0.15, -0.1) is 0 Å². The van der Waals surface area contributed by atoms with Crippen molar-refractivity contribution in [1.29, 1.82) is 0 Å². The second-order valence-electron chi connectivity index (χ2n) is 12.0. The molecule has 0 saturated carbocycles. The molecule has 2 atom stereocenters. The van der Waals surface area contributed by atoms with Crippen molar-refractivity contribution < 1.29 is 76.5 Å². The lowest BCUT2D eigenvalue weighted by Crippen LogP contribution is -2.48. The van der Waals surface area contributed by atoms with E-state index in [2.05, 4.69) is 0 Å². The first kappa shape index (κ1) is 40.9. The lowest BCUT2D eigenvalue weighted by atomic mass is 9.89. The summed E-state index contributed by atoms with van der Waals surface area (Å²) in [6, 6.07) is 1.21. The van der Waals surface area contributed by atoms with Crippen LogP contribution in [0.1, 0.15) is 65.3 Å². The van der Waals surface area contributed by atoms with E-state index < -0.39 is 95.1 Å². The highest BCUT2D eigenvalue weighted by Crippen LogP contribution is 2.47. The van der Waals surface area contributed by atoms with Gasteiger partial charge in [-0.3, -0.25) is 9.69 Å². The number of methoxy groups -OCH3 is 2. The van der Waals surface area contributed by atoms with Gasteiger partial charge in [0.25, 0.3) is 0 Å². The molecule has 290 valence electrons. The normalized spacial score (nSPS) is 16.6. The number of fused-ring (bicyclic) bond motifs is 1. The fourth-order valence-electron chi connectivity index (χ4n) is 6.00. The van der Waals surface area contributed by atoms with Gasteiger partial charge in [0, 0.05) is 24.2 Å². The Morgan fingerprint density at radius 1 is 0.698 bits per heavy atom. The predicted molar refractivity (Wildman–Crippen MR) is 163 cm³/mol. The van der Waals surface area contributed by atoms with E-state index in [1.165, 1.54) is 40.2 Å². The van der Waals surface area contributed by atoms with Gasteiger partial charge in [0.05, 0.1) is 61.2 Å². The second-order valence-corrected chi connectivity index (χ2v) is 12.0. The van der Waals surface area contributed by atoms with Crippen LogP contribution in [-0.4, -0.2) is 43.8 Å². The molecule has 4 rings (SSSR count). The fourth-order valence-corrected chi connectivity index (χ4v) is 6.00. The number of carbonyl (C=O) groups is 2. The molecule has 1 heterocycles. The van der Waals surface area contributed by atoms with E-state index in [4.69, 9.17) is 14.2 Å². The molecule has 19 heteroatoms. The third-order valence-corrected chi connectivity index (χ3v) is 8.32. The Labute approximate surface area is 294 Å². The molecule has 0 saturated heterocycles. The highest BCUT2D eigenvalue weighted by Gasteiger charge is 2.42. The lowest BCUT2D eigenvalue weighted by Gasteiger charge is -2.43. The summed E-state index contributed by atoms with van der Waals surface area (Å²) in [5.41, 5.74) is -8.48. The lowest BCUT2D eigenvalue weighted by molar-refractivity contribution is -0.145. The number of benzene rings is 3. The molecule has 0 unspecified atom stereocenters. The number of hydrogen-bond donors (Lipinski definition) is 0. The summed E-state index contributed by atoms with van der Waals surface area (Å²) < 4.78 is 181. The number of ether oxygens (including phenoxy) is 3. The molecule has 1 aliphatic heterocycles. The molecule has 3 aromatic rings. The first-order valence-corrected chi connectivity index (χ1v) is 15.5. The zero-order valence-corrected chi connectivity index (χ0v) is 28.1. The van der Waals surface area contributed by atoms with E-state index in [9.17, 15) is 62.3 Å². The number of amides is 2. The second kappa shape index (κ2) is 14.9. The summed E-state index contributed by atoms with van der Waals surface area (Å²) in [7, 11) is 2.46. The largest absolute Gasteiger partial charge is 0.493 e. The highest BCUT2D eigenvalue weighted by molar-refractivity contribution is 5.91. The molecule has 0 aliphatic carbocycles. The van der Waals surface area contributed by atoms with Gasteiger partial charge in [-0.2, -0.15) is 52.7 Å². The van der Waals surface area contributed by atoms with Crippen LogP contribution >= 0.6 is 0 Å². The van der Waals surface area contributed by atoms with Crippen molar-refractivity contribution >= 4 is 17.7 Å². The Morgan fingerprint density at radius 3 is 1.55 bits per heavy atom. The van der Waals surface area contributed by atoms with Crippen LogP contribution in [0.15, 0.2) is 48.5 Å². The molecule has 2 amide bonds. The summed E-state index contributed by atoms with van der Waals surface area (Å²) in [4.78, 5) is 29.2. The Kier molecular flexibility index (Phi) is 11.5. The van der Waals surface area contributed by atoms with Gasteiger partial charge in [0.2, 0.25) is 5.91 Å². The number of hydrogen-bond acceptors (Lipinski definition) is 5. The maximum atomic E-state index is 14.2. The number of halogens is 12. The molecule has 7 nitrogen and oxygen atoms in total. The molecule has 0 N–H and O–H groups in total. The molecule has 0 radical (unpaired) electrons. The summed E-state index contributed by atoms with van der Waals surface area (Å²) >= 11 is 0. The van der Waals surface area contributed by atoms with Gasteiger partial charge >= 0.3 is 30.8 Å². The van der Waals surface area contributed by atoms with Gasteiger partial charge in [0.15, 0.2) is 11.5 Å². The first-order chi connectivity index (χ1) is 24.4. The van der Waals surface area contributed by atoms with Crippen molar-refractivity contribution in [1.82, 2.24) is 4.90 Å². The van der Waals surface area contributed by atoms with Crippen molar-refractivity contribution in [3.8, 4) is 11.5 Å². The van der Waals surface area contributed by atoms with Crippen molar-refractivity contribution in [2.75, 3.05) is 25.7 Å². The number of alkyl halides is 12. The molecule has 0 aromatic heterocycles. The van der Waals surface area contributed by atoms with E-state index in [1.54, 1.807) is 0 Å². The quantitative estimate of drug-likeness (QED) is 0.213. The molecular formula is C34H30F12N2O5. The van der Waals surface area contributed by atoms with E-state index >= 15 is 0 Å². The SMILES string of the molecule is CCOC(=O)N1c2cc(OC)c(OC)cc2[C@@H](N(Cc2cc(C(F)(F)F)cc(C(F)(F)F)c2)C(=O)Cc2cc(C(F)(F)F)cc(C(F)(F)F)c2)C[C@H]1C. The van der Waals surface area contributed by atoms with Crippen LogP contribution in [-0.2, 0) is 47.2 Å². The Morgan fingerprint density at radius 2 is 1.13 bits per heavy atom. The topological polar surface area (TPSA) is 68.3 Å². The molecular weight excluding hydrogens is 744 g/mol. The minimum absolute atomic E-state index is 0.00102. The highest BCUT2D eigenvalue weighted by atomic mass is 19.4. The third-order valence-electron chi connectivity index (χ3n) is 8.32. The summed E-state index contributed by atoms with van der Waals surface area (Å²) in [6.45, 7) is 1.85. The number of anilines is 1. The Hall–Kier alpha value is -4.84. The van der Waals surface area contributed by atoms with Gasteiger partial charge < -0.3 is 19.1 Å². The maximum absolute atomic E-state index is 14.2. The summed E-state index contributed by atoms with van der Waals surface area (Å²) in [5.74, 6) is -1.23. The first-order valence-electron chi connectivity index (χ1n) is 15.5. The van der Waals surface area contributed by atoms with Crippen molar-refractivity contribution in [2.24, 2.45) is 0 Å². The molecule has 1 aliphatic rings. The molecule has 0 bridgehead atoms. The standard InChI is InChI=1S/C34H30F12N2O5/c1-5-53-30(50)48-17(2)6-25(24-14-27(51-3)28(52-4)15-26(24)48)47(16-19-9-22(33(41,42)43)13-23(10-19)34(44,45)46)29(49)11-18-7-20(31(35,36)37)12-21(8-18)32(38,39)40/h7-10,12-15,17,25H,5-6,11,16H2,1-4H3/t17-,25+/m1/s1. The minimum atomic E-state index is -5.30. The van der Waals surface area contributed by atoms with E-state index in [1.807, 2.05) is 0 Å². The number of rotatable bonds is 8. The Balaban J connectivity index is 1.97. The van der Waals surface area contributed by atoms with Gasteiger partial charge in [-0.05, 0) is 73.9 Å². The average molecular weight is 775 g/mol. The van der Waals surface area contributed by atoms with Crippen LogP contribution in [0.2, 0.25) is 0 Å². The maximum Gasteiger partial charge on any atom is 0.416 e. The fraction of sp³-hybridized carbons (Fsp3) is 0.412. The smallest absolute Gasteiger partial charge is 0.416 e. The van der Waals surface area contributed by atoms with Crippen molar-refractivity contribution in [3.05, 3.63) is 87.5 Å². The predicted octanol–water partition coefficient (Wildman–Crippen LogP) is 9.85. The Bertz CT molecular complexity index is 1770. The van der Waals surface area contributed by atoms with Gasteiger partial charge in [-0.1, -0.05) is 0 Å². The number of nitrogens with zero attached hydrogens (tertiary/aromatic N) is 2. The summed E-state index contributed by atoms with van der Waals surface area (Å²) in [5, 5.41) is 0. The van der Waals surface area contributed by atoms with Crippen LogP contribution in [0, 0.1) is 0 Å². The van der Waals surface area contributed by atoms with Crippen LogP contribution in [0.25, 0.3) is 0 Å². The average Bonchev–Trinajstić information content (AvgIpc) is 3.04. The van der Waals surface area contributed by atoms with Crippen LogP contribution in [0.4, 0.5) is 63.2 Å². The van der Waals surface area contributed by atoms with E-state index in [0.29, 0.717) is 12.1 Å². The van der Waals surface area contributed by atoms with E-state index in [0.717, 1.165) is 9.80 Å².